The fourth-order valence-corrected chi connectivity index (χ4v) is 4.04. The van der Waals surface area contributed by atoms with Crippen molar-refractivity contribution >= 4 is 33.5 Å². The van der Waals surface area contributed by atoms with Crippen LogP contribution in [0.1, 0.15) is 44.7 Å². The normalized spacial score (nSPS) is 11.1. The Morgan fingerprint density at radius 1 is 1.09 bits per heavy atom. The number of anilines is 2. The maximum atomic E-state index is 12.8. The Bertz CT molecular complexity index is 1270. The summed E-state index contributed by atoms with van der Waals surface area (Å²) >= 11 is 0. The van der Waals surface area contributed by atoms with E-state index in [0.717, 1.165) is 0 Å². The molecule has 0 fully saturated rings. The van der Waals surface area contributed by atoms with Gasteiger partial charge in [-0.2, -0.15) is 0 Å². The van der Waals surface area contributed by atoms with Gasteiger partial charge >= 0.3 is 5.97 Å². The number of hydrogen-bond donors (Lipinski definition) is 3. The summed E-state index contributed by atoms with van der Waals surface area (Å²) in [4.78, 5) is 35.6. The van der Waals surface area contributed by atoms with E-state index < -0.39 is 21.9 Å². The highest BCUT2D eigenvalue weighted by molar-refractivity contribution is 7.92. The van der Waals surface area contributed by atoms with Crippen molar-refractivity contribution in [3.63, 3.8) is 0 Å². The van der Waals surface area contributed by atoms with E-state index in [1.807, 2.05) is 0 Å². The molecule has 11 heteroatoms. The van der Waals surface area contributed by atoms with Crippen LogP contribution in [0.3, 0.4) is 0 Å². The molecule has 0 aliphatic rings. The fraction of sp³-hybridized carbons (Fsp3) is 0.238. The summed E-state index contributed by atoms with van der Waals surface area (Å²) in [6, 6.07) is 7.29. The lowest BCUT2D eigenvalue weighted by Gasteiger charge is -2.09. The first-order chi connectivity index (χ1) is 15.1. The third-order valence-corrected chi connectivity index (χ3v) is 5.93. The van der Waals surface area contributed by atoms with Crippen molar-refractivity contribution in [1.29, 1.82) is 0 Å². The van der Waals surface area contributed by atoms with Crippen LogP contribution < -0.4 is 10.0 Å². The predicted molar refractivity (Wildman–Crippen MR) is 118 cm³/mol. The number of carbonyl (C=O) groups is 2. The van der Waals surface area contributed by atoms with Crippen LogP contribution in [0.2, 0.25) is 0 Å². The van der Waals surface area contributed by atoms with Gasteiger partial charge in [0.15, 0.2) is 0 Å². The number of nitrogens with one attached hydrogen (secondary N) is 3. The van der Waals surface area contributed by atoms with E-state index >= 15 is 0 Å². The second kappa shape index (κ2) is 9.18. The zero-order chi connectivity index (χ0) is 23.5. The summed E-state index contributed by atoms with van der Waals surface area (Å²) in [5.41, 5.74) is 2.55. The Kier molecular flexibility index (Phi) is 6.58. The third kappa shape index (κ3) is 4.94. The number of rotatable bonds is 7. The quantitative estimate of drug-likeness (QED) is 0.463. The lowest BCUT2D eigenvalue weighted by molar-refractivity contribution is 0.0519. The molecule has 2 aromatic heterocycles. The maximum absolute atomic E-state index is 12.8. The number of hydrogen-bond acceptors (Lipinski definition) is 7. The van der Waals surface area contributed by atoms with E-state index in [4.69, 9.17) is 4.74 Å². The molecule has 1 amide bonds. The third-order valence-electron chi connectivity index (χ3n) is 4.59. The molecule has 0 aliphatic carbocycles. The molecular formula is C21H23N5O5S. The minimum Gasteiger partial charge on any atom is -0.461 e. The van der Waals surface area contributed by atoms with E-state index in [-0.39, 0.29) is 23.1 Å². The summed E-state index contributed by atoms with van der Waals surface area (Å²) in [6.45, 7) is 6.97. The van der Waals surface area contributed by atoms with Crippen molar-refractivity contribution in [1.82, 2.24) is 15.0 Å². The summed E-state index contributed by atoms with van der Waals surface area (Å²) in [6.07, 6.45) is 1.46. The molecular weight excluding hydrogens is 434 g/mol. The number of sulfonamides is 1. The molecule has 0 saturated heterocycles. The van der Waals surface area contributed by atoms with Crippen LogP contribution in [0, 0.1) is 20.8 Å². The van der Waals surface area contributed by atoms with Crippen LogP contribution in [-0.2, 0) is 14.8 Å². The number of nitrogens with zero attached hydrogens (tertiary/aromatic N) is 2. The molecule has 0 saturated carbocycles. The number of carbonyl (C=O) groups excluding carboxylic acids is 2. The highest BCUT2D eigenvalue weighted by atomic mass is 32.2. The van der Waals surface area contributed by atoms with Crippen LogP contribution in [0.15, 0.2) is 41.4 Å². The largest absolute Gasteiger partial charge is 0.461 e. The molecule has 0 spiro atoms. The SMILES string of the molecule is CCOC(=O)c1[nH]c(C)c(C(=O)Nc2ccc(S(=O)(=O)Nc3nccc(C)n3)cc2)c1C. The van der Waals surface area contributed by atoms with Gasteiger partial charge < -0.3 is 15.0 Å². The molecule has 0 radical (unpaired) electrons. The van der Waals surface area contributed by atoms with Gasteiger partial charge in [-0.25, -0.2) is 27.9 Å². The molecule has 0 atom stereocenters. The zero-order valence-electron chi connectivity index (χ0n) is 18.0. The summed E-state index contributed by atoms with van der Waals surface area (Å²) in [7, 11) is -3.90. The van der Waals surface area contributed by atoms with Crippen LogP contribution in [0.4, 0.5) is 11.6 Å². The monoisotopic (exact) mass is 457 g/mol. The van der Waals surface area contributed by atoms with Gasteiger partial charge in [-0.05, 0) is 63.6 Å². The standard InChI is InChI=1S/C21H23N5O5S/c1-5-31-20(28)18-13(3)17(14(4)24-18)19(27)25-15-6-8-16(9-7-15)32(29,30)26-21-22-11-10-12(2)23-21/h6-11,24H,5H2,1-4H3,(H,25,27)(H,22,23,26). The van der Waals surface area contributed by atoms with Gasteiger partial charge in [0.25, 0.3) is 15.9 Å². The second-order valence-electron chi connectivity index (χ2n) is 6.95. The first-order valence-corrected chi connectivity index (χ1v) is 11.2. The van der Waals surface area contributed by atoms with Crippen molar-refractivity contribution in [2.45, 2.75) is 32.6 Å². The molecule has 0 bridgehead atoms. The number of aromatic amines is 1. The average molecular weight is 458 g/mol. The van der Waals surface area contributed by atoms with Gasteiger partial charge in [0.05, 0.1) is 17.1 Å². The number of ether oxygens (including phenoxy) is 1. The first kappa shape index (κ1) is 22.9. The number of aryl methyl sites for hydroxylation is 2. The Balaban J connectivity index is 1.76. The van der Waals surface area contributed by atoms with E-state index in [2.05, 4.69) is 25.0 Å². The Labute approximate surface area is 185 Å². The molecule has 1 aromatic carbocycles. The maximum Gasteiger partial charge on any atom is 0.355 e. The van der Waals surface area contributed by atoms with Gasteiger partial charge in [0.1, 0.15) is 5.69 Å². The van der Waals surface area contributed by atoms with Gasteiger partial charge in [-0.1, -0.05) is 0 Å². The summed E-state index contributed by atoms with van der Waals surface area (Å²) in [5.74, 6) is -1.00. The van der Waals surface area contributed by atoms with Crippen LogP contribution in [0.5, 0.6) is 0 Å². The fourth-order valence-electron chi connectivity index (χ4n) is 3.09. The molecule has 2 heterocycles. The lowest BCUT2D eigenvalue weighted by Crippen LogP contribution is -2.16. The molecule has 0 unspecified atom stereocenters. The summed E-state index contributed by atoms with van der Waals surface area (Å²) < 4.78 is 32.4. The van der Waals surface area contributed by atoms with Crippen molar-refractivity contribution in [2.75, 3.05) is 16.6 Å². The van der Waals surface area contributed by atoms with E-state index in [1.54, 1.807) is 33.8 Å². The average Bonchev–Trinajstić information content (AvgIpc) is 3.02. The van der Waals surface area contributed by atoms with Crippen molar-refractivity contribution in [2.24, 2.45) is 0 Å². The molecule has 3 rings (SSSR count). The topological polar surface area (TPSA) is 143 Å². The first-order valence-electron chi connectivity index (χ1n) is 9.72. The second-order valence-corrected chi connectivity index (χ2v) is 8.63. The highest BCUT2D eigenvalue weighted by Gasteiger charge is 2.23. The molecule has 3 aromatic rings. The number of aromatic nitrogens is 3. The predicted octanol–water partition coefficient (Wildman–Crippen LogP) is 2.96. The molecule has 10 nitrogen and oxygen atoms in total. The number of amides is 1. The minimum atomic E-state index is -3.90. The molecule has 3 N–H and O–H groups in total. The minimum absolute atomic E-state index is 0.0146. The van der Waals surface area contributed by atoms with E-state index in [9.17, 15) is 18.0 Å². The highest BCUT2D eigenvalue weighted by Crippen LogP contribution is 2.22. The lowest BCUT2D eigenvalue weighted by atomic mass is 10.1. The zero-order valence-corrected chi connectivity index (χ0v) is 18.8. The van der Waals surface area contributed by atoms with E-state index in [1.165, 1.54) is 30.5 Å². The summed E-state index contributed by atoms with van der Waals surface area (Å²) in [5, 5.41) is 2.71. The number of benzene rings is 1. The van der Waals surface area contributed by atoms with Gasteiger partial charge in [0, 0.05) is 23.3 Å². The number of H-pyrrole nitrogens is 1. The Morgan fingerprint density at radius 3 is 2.41 bits per heavy atom. The van der Waals surface area contributed by atoms with E-state index in [0.29, 0.717) is 28.2 Å². The van der Waals surface area contributed by atoms with Crippen LogP contribution >= 0.6 is 0 Å². The number of esters is 1. The molecule has 0 aliphatic heterocycles. The van der Waals surface area contributed by atoms with Crippen molar-refractivity contribution in [3.05, 3.63) is 64.7 Å². The smallest absolute Gasteiger partial charge is 0.355 e. The van der Waals surface area contributed by atoms with Crippen LogP contribution in [-0.4, -0.2) is 41.9 Å². The van der Waals surface area contributed by atoms with Crippen molar-refractivity contribution < 1.29 is 22.7 Å². The Morgan fingerprint density at radius 2 is 1.78 bits per heavy atom. The van der Waals surface area contributed by atoms with Gasteiger partial charge in [-0.3, -0.25) is 4.79 Å². The van der Waals surface area contributed by atoms with Crippen molar-refractivity contribution in [3.8, 4) is 0 Å². The van der Waals surface area contributed by atoms with Crippen LogP contribution in [0.25, 0.3) is 0 Å². The molecule has 168 valence electrons. The Hall–Kier alpha value is -3.73. The van der Waals surface area contributed by atoms with Gasteiger partial charge in [-0.15, -0.1) is 0 Å². The molecule has 32 heavy (non-hydrogen) atoms. The van der Waals surface area contributed by atoms with Gasteiger partial charge in [0.2, 0.25) is 5.95 Å².